The van der Waals surface area contributed by atoms with Crippen LogP contribution >= 0.6 is 0 Å². The first-order valence-electron chi connectivity index (χ1n) is 8.80. The summed E-state index contributed by atoms with van der Waals surface area (Å²) in [5.41, 5.74) is 2.56. The quantitative estimate of drug-likeness (QED) is 0.689. The van der Waals surface area contributed by atoms with Crippen LogP contribution in [0.25, 0.3) is 0 Å². The van der Waals surface area contributed by atoms with Gasteiger partial charge in [-0.1, -0.05) is 31.2 Å². The number of nitrogens with one attached hydrogen (secondary N) is 2. The topological polar surface area (TPSA) is 84.5 Å². The smallest absolute Gasteiger partial charge is 0.251 e. The van der Waals surface area contributed by atoms with Crippen molar-refractivity contribution in [2.24, 2.45) is 0 Å². The number of benzene rings is 2. The Morgan fingerprint density at radius 1 is 1.07 bits per heavy atom. The van der Waals surface area contributed by atoms with Crippen molar-refractivity contribution >= 4 is 15.9 Å². The second-order valence-electron chi connectivity index (χ2n) is 6.32. The standard InChI is InChI=1S/C20H26N2O4S/c1-4-19(16-9-11-18(26-2)12-10-16)22-20(23)17-7-5-15(6-8-17)13-14-21-27(3,24)25/h5-12,19,21H,4,13-14H2,1-3H3,(H,22,23). The van der Waals surface area contributed by atoms with Crippen LogP contribution < -0.4 is 14.8 Å². The average Bonchev–Trinajstić information content (AvgIpc) is 2.65. The van der Waals surface area contributed by atoms with Crippen LogP contribution in [-0.2, 0) is 16.4 Å². The summed E-state index contributed by atoms with van der Waals surface area (Å²) in [4.78, 5) is 12.5. The number of hydrogen-bond donors (Lipinski definition) is 2. The number of methoxy groups -OCH3 is 1. The maximum atomic E-state index is 12.5. The average molecular weight is 391 g/mol. The van der Waals surface area contributed by atoms with Gasteiger partial charge < -0.3 is 10.1 Å². The van der Waals surface area contributed by atoms with E-state index in [2.05, 4.69) is 10.0 Å². The van der Waals surface area contributed by atoms with E-state index in [1.165, 1.54) is 0 Å². The van der Waals surface area contributed by atoms with Crippen LogP contribution in [0.3, 0.4) is 0 Å². The number of ether oxygens (including phenoxy) is 1. The van der Waals surface area contributed by atoms with Crippen molar-refractivity contribution < 1.29 is 17.9 Å². The van der Waals surface area contributed by atoms with Crippen molar-refractivity contribution in [3.63, 3.8) is 0 Å². The Bertz CT molecular complexity index is 847. The van der Waals surface area contributed by atoms with Crippen molar-refractivity contribution in [3.8, 4) is 5.75 Å². The van der Waals surface area contributed by atoms with Gasteiger partial charge in [0.1, 0.15) is 5.75 Å². The largest absolute Gasteiger partial charge is 0.497 e. The fraction of sp³-hybridized carbons (Fsp3) is 0.350. The lowest BCUT2D eigenvalue weighted by molar-refractivity contribution is 0.0935. The Morgan fingerprint density at radius 3 is 2.22 bits per heavy atom. The van der Waals surface area contributed by atoms with Gasteiger partial charge in [-0.2, -0.15) is 0 Å². The second kappa shape index (κ2) is 9.53. The van der Waals surface area contributed by atoms with E-state index in [0.29, 0.717) is 18.5 Å². The summed E-state index contributed by atoms with van der Waals surface area (Å²) in [7, 11) is -1.57. The molecule has 2 aromatic carbocycles. The summed E-state index contributed by atoms with van der Waals surface area (Å²) in [5.74, 6) is 0.638. The molecule has 146 valence electrons. The molecule has 1 amide bonds. The minimum Gasteiger partial charge on any atom is -0.497 e. The highest BCUT2D eigenvalue weighted by Crippen LogP contribution is 2.20. The van der Waals surface area contributed by atoms with Gasteiger partial charge in [-0.15, -0.1) is 0 Å². The van der Waals surface area contributed by atoms with Gasteiger partial charge in [0, 0.05) is 12.1 Å². The van der Waals surface area contributed by atoms with Crippen LogP contribution in [0.4, 0.5) is 0 Å². The number of carbonyl (C=O) groups excluding carboxylic acids is 1. The van der Waals surface area contributed by atoms with Gasteiger partial charge in [0.05, 0.1) is 19.4 Å². The lowest BCUT2D eigenvalue weighted by Gasteiger charge is -2.18. The van der Waals surface area contributed by atoms with Gasteiger partial charge >= 0.3 is 0 Å². The lowest BCUT2D eigenvalue weighted by atomic mass is 10.0. The van der Waals surface area contributed by atoms with Crippen molar-refractivity contribution in [1.82, 2.24) is 10.0 Å². The van der Waals surface area contributed by atoms with Gasteiger partial charge in [0.2, 0.25) is 10.0 Å². The Balaban J connectivity index is 1.97. The first-order chi connectivity index (χ1) is 12.8. The highest BCUT2D eigenvalue weighted by atomic mass is 32.2. The van der Waals surface area contributed by atoms with Crippen molar-refractivity contribution in [3.05, 3.63) is 65.2 Å². The molecule has 6 nitrogen and oxygen atoms in total. The molecular formula is C20H26N2O4S. The van der Waals surface area contributed by atoms with Crippen LogP contribution in [-0.4, -0.2) is 34.2 Å². The van der Waals surface area contributed by atoms with E-state index < -0.39 is 10.0 Å². The van der Waals surface area contributed by atoms with E-state index in [9.17, 15) is 13.2 Å². The molecule has 1 unspecified atom stereocenters. The molecule has 2 rings (SSSR count). The van der Waals surface area contributed by atoms with Gasteiger partial charge in [0.25, 0.3) is 5.91 Å². The van der Waals surface area contributed by atoms with Crippen molar-refractivity contribution in [2.45, 2.75) is 25.8 Å². The number of amides is 1. The number of hydrogen-bond acceptors (Lipinski definition) is 4. The van der Waals surface area contributed by atoms with Crippen molar-refractivity contribution in [2.75, 3.05) is 19.9 Å². The molecule has 0 saturated carbocycles. The molecule has 1 atom stereocenters. The second-order valence-corrected chi connectivity index (χ2v) is 8.15. The molecule has 2 aromatic rings. The summed E-state index contributed by atoms with van der Waals surface area (Å²) < 4.78 is 29.8. The molecule has 7 heteroatoms. The fourth-order valence-electron chi connectivity index (χ4n) is 2.70. The van der Waals surface area contributed by atoms with E-state index in [1.807, 2.05) is 43.3 Å². The van der Waals surface area contributed by atoms with Crippen LogP contribution in [0.15, 0.2) is 48.5 Å². The van der Waals surface area contributed by atoms with E-state index in [0.717, 1.165) is 29.6 Å². The molecule has 0 heterocycles. The SMILES string of the molecule is CCC(NC(=O)c1ccc(CCNS(C)(=O)=O)cc1)c1ccc(OC)cc1. The Morgan fingerprint density at radius 2 is 1.70 bits per heavy atom. The van der Waals surface area contributed by atoms with Gasteiger partial charge in [0.15, 0.2) is 0 Å². The molecule has 0 bridgehead atoms. The summed E-state index contributed by atoms with van der Waals surface area (Å²) in [6.45, 7) is 2.35. The summed E-state index contributed by atoms with van der Waals surface area (Å²) in [6, 6.07) is 14.8. The maximum Gasteiger partial charge on any atom is 0.251 e. The number of rotatable bonds is 9. The fourth-order valence-corrected chi connectivity index (χ4v) is 3.18. The molecule has 2 N–H and O–H groups in total. The number of carbonyl (C=O) groups is 1. The maximum absolute atomic E-state index is 12.5. The molecular weight excluding hydrogens is 364 g/mol. The molecule has 0 aromatic heterocycles. The molecule has 0 spiro atoms. The zero-order valence-corrected chi connectivity index (χ0v) is 16.7. The molecule has 0 aliphatic carbocycles. The minimum absolute atomic E-state index is 0.0814. The van der Waals surface area contributed by atoms with Gasteiger partial charge in [-0.05, 0) is 48.2 Å². The van der Waals surface area contributed by atoms with Crippen LogP contribution in [0.5, 0.6) is 5.75 Å². The van der Waals surface area contributed by atoms with Gasteiger partial charge in [-0.25, -0.2) is 13.1 Å². The third-order valence-electron chi connectivity index (χ3n) is 4.23. The Hall–Kier alpha value is -2.38. The Kier molecular flexibility index (Phi) is 7.38. The van der Waals surface area contributed by atoms with Gasteiger partial charge in [-0.3, -0.25) is 4.79 Å². The zero-order chi connectivity index (χ0) is 19.9. The van der Waals surface area contributed by atoms with Crippen molar-refractivity contribution in [1.29, 1.82) is 0 Å². The monoisotopic (exact) mass is 390 g/mol. The van der Waals surface area contributed by atoms with E-state index in [1.54, 1.807) is 19.2 Å². The Labute approximate surface area is 161 Å². The molecule has 0 aliphatic heterocycles. The van der Waals surface area contributed by atoms with Crippen LogP contribution in [0.1, 0.15) is 40.9 Å². The van der Waals surface area contributed by atoms with E-state index in [-0.39, 0.29) is 11.9 Å². The predicted octanol–water partition coefficient (Wildman–Crippen LogP) is 2.67. The summed E-state index contributed by atoms with van der Waals surface area (Å²) >= 11 is 0. The molecule has 0 radical (unpaired) electrons. The van der Waals surface area contributed by atoms with E-state index >= 15 is 0 Å². The normalized spacial score (nSPS) is 12.4. The minimum atomic E-state index is -3.19. The molecule has 27 heavy (non-hydrogen) atoms. The molecule has 0 fully saturated rings. The van der Waals surface area contributed by atoms with Crippen LogP contribution in [0, 0.1) is 0 Å². The predicted molar refractivity (Wildman–Crippen MR) is 106 cm³/mol. The third-order valence-corrected chi connectivity index (χ3v) is 4.95. The van der Waals surface area contributed by atoms with E-state index in [4.69, 9.17) is 4.74 Å². The lowest BCUT2D eigenvalue weighted by Crippen LogP contribution is -2.28. The highest BCUT2D eigenvalue weighted by molar-refractivity contribution is 7.88. The first-order valence-corrected chi connectivity index (χ1v) is 10.7. The molecule has 0 aliphatic rings. The molecule has 0 saturated heterocycles. The first kappa shape index (κ1) is 20.9. The summed E-state index contributed by atoms with van der Waals surface area (Å²) in [5, 5.41) is 3.05. The zero-order valence-electron chi connectivity index (χ0n) is 15.9. The number of sulfonamides is 1. The van der Waals surface area contributed by atoms with Crippen LogP contribution in [0.2, 0.25) is 0 Å². The highest BCUT2D eigenvalue weighted by Gasteiger charge is 2.14. The summed E-state index contributed by atoms with van der Waals surface area (Å²) in [6.07, 6.45) is 2.47. The third kappa shape index (κ3) is 6.69.